The minimum atomic E-state index is -0.0863. The van der Waals surface area contributed by atoms with Crippen molar-refractivity contribution < 1.29 is 0 Å². The first-order valence-corrected chi connectivity index (χ1v) is 21.4. The quantitative estimate of drug-likeness (QED) is 0.152. The summed E-state index contributed by atoms with van der Waals surface area (Å²) >= 11 is 1.91. The molecule has 0 unspecified atom stereocenters. The number of thiophene rings is 1. The highest BCUT2D eigenvalue weighted by molar-refractivity contribution is 7.25. The lowest BCUT2D eigenvalue weighted by molar-refractivity contribution is 0.590. The molecule has 0 spiro atoms. The third-order valence-corrected chi connectivity index (χ3v) is 14.8. The van der Waals surface area contributed by atoms with E-state index in [-0.39, 0.29) is 23.1 Å². The molecule has 0 saturated carbocycles. The molecule has 12 rings (SSSR count). The third kappa shape index (κ3) is 4.37. The van der Waals surface area contributed by atoms with Gasteiger partial charge in [-0.3, -0.25) is 0 Å². The van der Waals surface area contributed by atoms with Crippen LogP contribution in [0.3, 0.4) is 0 Å². The summed E-state index contributed by atoms with van der Waals surface area (Å²) < 4.78 is 5.32. The van der Waals surface area contributed by atoms with Crippen molar-refractivity contribution in [2.45, 2.75) is 71.6 Å². The molecule has 2 nitrogen and oxygen atoms in total. The maximum atomic E-state index is 2.70. The molecule has 3 aliphatic rings. The molecular formula is C53H45BN2S. The molecule has 4 heteroatoms. The lowest BCUT2D eigenvalue weighted by Crippen LogP contribution is -2.60. The van der Waals surface area contributed by atoms with Crippen LogP contribution in [-0.2, 0) is 16.2 Å². The van der Waals surface area contributed by atoms with E-state index in [0.717, 1.165) is 0 Å². The SMILES string of the molecule is CC(C)(C)c1ccc(N2B3c4cc(C(C)(C)C)ccc4-n4c5cc6c(cc5c5ccc(c3c54)-c3cc4sc5ccccc5c4cc32)-c2ccccc2C6(C)C)cc1. The second-order valence-electron chi connectivity index (χ2n) is 19.4. The predicted octanol–water partition coefficient (Wildman–Crippen LogP) is 13.3. The zero-order chi connectivity index (χ0) is 38.9. The average Bonchev–Trinajstić information content (AvgIpc) is 3.80. The number of anilines is 2. The van der Waals surface area contributed by atoms with E-state index in [0.29, 0.717) is 0 Å². The fourth-order valence-electron chi connectivity index (χ4n) is 10.7. The van der Waals surface area contributed by atoms with Gasteiger partial charge < -0.3 is 9.38 Å². The van der Waals surface area contributed by atoms with Gasteiger partial charge >= 0.3 is 6.85 Å². The zero-order valence-corrected chi connectivity index (χ0v) is 34.8. The van der Waals surface area contributed by atoms with Gasteiger partial charge in [-0.05, 0) is 109 Å². The van der Waals surface area contributed by atoms with Crippen LogP contribution in [0.2, 0.25) is 0 Å². The number of fused-ring (bicyclic) bond motifs is 14. The van der Waals surface area contributed by atoms with Crippen LogP contribution in [0.1, 0.15) is 77.6 Å². The van der Waals surface area contributed by atoms with Crippen molar-refractivity contribution >= 4 is 82.5 Å². The molecule has 0 N–H and O–H groups in total. The Kier molecular flexibility index (Phi) is 6.40. The second-order valence-corrected chi connectivity index (χ2v) is 20.5. The Morgan fingerprint density at radius 1 is 0.526 bits per heavy atom. The van der Waals surface area contributed by atoms with Crippen LogP contribution in [-0.4, -0.2) is 11.4 Å². The van der Waals surface area contributed by atoms with E-state index in [1.165, 1.54) is 114 Å². The average molecular weight is 753 g/mol. The van der Waals surface area contributed by atoms with E-state index >= 15 is 0 Å². The van der Waals surface area contributed by atoms with Crippen LogP contribution in [0.15, 0.2) is 127 Å². The molecule has 0 fully saturated rings. The summed E-state index contributed by atoms with van der Waals surface area (Å²) in [4.78, 5) is 2.70. The molecule has 0 saturated heterocycles. The fraction of sp³-hybridized carbons (Fsp3) is 0.208. The van der Waals surface area contributed by atoms with Gasteiger partial charge in [0.25, 0.3) is 0 Å². The Morgan fingerprint density at radius 2 is 1.26 bits per heavy atom. The maximum absolute atomic E-state index is 2.70. The highest BCUT2D eigenvalue weighted by Crippen LogP contribution is 2.53. The molecule has 0 radical (unpaired) electrons. The molecule has 7 aromatic carbocycles. The summed E-state index contributed by atoms with van der Waals surface area (Å²) in [7, 11) is 0. The van der Waals surface area contributed by atoms with Crippen LogP contribution in [0.5, 0.6) is 0 Å². The highest BCUT2D eigenvalue weighted by Gasteiger charge is 2.45. The first kappa shape index (κ1) is 33.6. The molecule has 0 bridgehead atoms. The van der Waals surface area contributed by atoms with Crippen molar-refractivity contribution in [1.82, 2.24) is 4.57 Å². The number of hydrogen-bond acceptors (Lipinski definition) is 2. The van der Waals surface area contributed by atoms with Gasteiger partial charge in [-0.25, -0.2) is 0 Å². The fourth-order valence-corrected chi connectivity index (χ4v) is 11.8. The van der Waals surface area contributed by atoms with Crippen LogP contribution in [0.25, 0.3) is 69.9 Å². The monoisotopic (exact) mass is 752 g/mol. The van der Waals surface area contributed by atoms with Gasteiger partial charge in [-0.15, -0.1) is 11.3 Å². The van der Waals surface area contributed by atoms with Crippen molar-refractivity contribution in [2.24, 2.45) is 0 Å². The molecule has 0 amide bonds. The lowest BCUT2D eigenvalue weighted by atomic mass is 9.43. The number of nitrogens with zero attached hydrogens (tertiary/aromatic N) is 2. The van der Waals surface area contributed by atoms with Crippen molar-refractivity contribution in [1.29, 1.82) is 0 Å². The summed E-state index contributed by atoms with van der Waals surface area (Å²) in [5.74, 6) is 0. The molecule has 57 heavy (non-hydrogen) atoms. The predicted molar refractivity (Wildman–Crippen MR) is 248 cm³/mol. The molecule has 4 heterocycles. The molecule has 9 aromatic rings. The minimum Gasteiger partial charge on any atom is -0.376 e. The van der Waals surface area contributed by atoms with Crippen LogP contribution >= 0.6 is 11.3 Å². The Bertz CT molecular complexity index is 3230. The minimum absolute atomic E-state index is 0.00690. The second kappa shape index (κ2) is 10.9. The number of hydrogen-bond donors (Lipinski definition) is 0. The Labute approximate surface area is 339 Å². The molecule has 1 aliphatic carbocycles. The molecule has 276 valence electrons. The smallest absolute Gasteiger partial charge is 0.333 e. The first-order chi connectivity index (χ1) is 27.3. The normalized spacial score (nSPS) is 15.1. The van der Waals surface area contributed by atoms with E-state index < -0.39 is 0 Å². The maximum Gasteiger partial charge on any atom is 0.333 e. The van der Waals surface area contributed by atoms with Gasteiger partial charge in [0.05, 0.1) is 11.0 Å². The largest absolute Gasteiger partial charge is 0.376 e. The summed E-state index contributed by atoms with van der Waals surface area (Å²) in [5, 5.41) is 5.33. The van der Waals surface area contributed by atoms with Gasteiger partial charge in [-0.2, -0.15) is 0 Å². The first-order valence-electron chi connectivity index (χ1n) is 20.5. The molecular weight excluding hydrogens is 707 g/mol. The lowest BCUT2D eigenvalue weighted by Gasteiger charge is -2.42. The van der Waals surface area contributed by atoms with Crippen molar-refractivity contribution in [2.75, 3.05) is 4.81 Å². The highest BCUT2D eigenvalue weighted by atomic mass is 32.1. The Balaban J connectivity index is 1.24. The van der Waals surface area contributed by atoms with Crippen LogP contribution in [0.4, 0.5) is 11.4 Å². The van der Waals surface area contributed by atoms with Crippen molar-refractivity contribution in [3.63, 3.8) is 0 Å². The third-order valence-electron chi connectivity index (χ3n) is 13.7. The standard InChI is InChI=1S/C53H45BN2S/c1-51(2,3)30-17-20-32(21-18-30)56-46-27-40-34-14-10-12-16-47(34)57-48(40)28-39(46)35-22-23-36-38-26-37-33-13-9-11-15-41(33)53(7,8)42(37)29-45(38)55-44-24-19-31(52(4,5)6)25-43(44)54(56)49(35)50(36)55/h9-29H,1-8H3. The van der Waals surface area contributed by atoms with Gasteiger partial charge in [0, 0.05) is 59.0 Å². The Morgan fingerprint density at radius 3 is 2.05 bits per heavy atom. The summed E-state index contributed by atoms with van der Waals surface area (Å²) in [6.45, 7) is 18.8. The number of benzene rings is 7. The van der Waals surface area contributed by atoms with Crippen LogP contribution < -0.4 is 15.7 Å². The van der Waals surface area contributed by atoms with E-state index in [1.54, 1.807) is 0 Å². The summed E-state index contributed by atoms with van der Waals surface area (Å²) in [6, 6.07) is 49.8. The van der Waals surface area contributed by atoms with Gasteiger partial charge in [0.15, 0.2) is 0 Å². The summed E-state index contributed by atoms with van der Waals surface area (Å²) in [5.41, 5.74) is 20.1. The van der Waals surface area contributed by atoms with Crippen LogP contribution in [0, 0.1) is 0 Å². The van der Waals surface area contributed by atoms with E-state index in [4.69, 9.17) is 0 Å². The zero-order valence-electron chi connectivity index (χ0n) is 34.0. The van der Waals surface area contributed by atoms with Crippen molar-refractivity contribution in [3.05, 3.63) is 150 Å². The number of aromatic nitrogens is 1. The topological polar surface area (TPSA) is 8.17 Å². The van der Waals surface area contributed by atoms with E-state index in [2.05, 4.69) is 192 Å². The molecule has 0 atom stereocenters. The van der Waals surface area contributed by atoms with Gasteiger partial charge in [-0.1, -0.05) is 134 Å². The molecule has 2 aliphatic heterocycles. The van der Waals surface area contributed by atoms with E-state index in [1.807, 2.05) is 11.3 Å². The molecule has 2 aromatic heterocycles. The van der Waals surface area contributed by atoms with Gasteiger partial charge in [0.2, 0.25) is 0 Å². The van der Waals surface area contributed by atoms with Gasteiger partial charge in [0.1, 0.15) is 0 Å². The number of rotatable bonds is 1. The van der Waals surface area contributed by atoms with Crippen molar-refractivity contribution in [3.8, 4) is 27.9 Å². The summed E-state index contributed by atoms with van der Waals surface area (Å²) in [6.07, 6.45) is 0. The van der Waals surface area contributed by atoms with E-state index in [9.17, 15) is 0 Å². The Hall–Kier alpha value is -5.58.